The summed E-state index contributed by atoms with van der Waals surface area (Å²) in [6, 6.07) is 4.97. The quantitative estimate of drug-likeness (QED) is 0.896. The standard InChI is InChI=1S/C16H18FN3O2/c1-9(2)7-20-8-12-13(15(20)21)14(19-16(22)18-12)10-3-5-11(17)6-4-10/h3-6,9,14H,7-8H2,1-2H3,(H2,18,19,22)/t14-/m0/s1. The van der Waals surface area contributed by atoms with Gasteiger partial charge in [-0.25, -0.2) is 9.18 Å². The van der Waals surface area contributed by atoms with Crippen LogP contribution in [0.4, 0.5) is 9.18 Å². The van der Waals surface area contributed by atoms with E-state index in [2.05, 4.69) is 10.6 Å². The van der Waals surface area contributed by atoms with Gasteiger partial charge in [-0.05, 0) is 23.6 Å². The largest absolute Gasteiger partial charge is 0.333 e. The molecule has 0 saturated heterocycles. The number of hydrogen-bond donors (Lipinski definition) is 2. The molecule has 0 spiro atoms. The summed E-state index contributed by atoms with van der Waals surface area (Å²) in [6.07, 6.45) is 0. The van der Waals surface area contributed by atoms with Crippen molar-refractivity contribution in [3.05, 3.63) is 46.9 Å². The lowest BCUT2D eigenvalue weighted by atomic mass is 9.96. The van der Waals surface area contributed by atoms with Gasteiger partial charge in [-0.3, -0.25) is 4.79 Å². The van der Waals surface area contributed by atoms with E-state index < -0.39 is 6.04 Å². The van der Waals surface area contributed by atoms with Crippen LogP contribution in [0.5, 0.6) is 0 Å². The zero-order valence-corrected chi connectivity index (χ0v) is 12.5. The van der Waals surface area contributed by atoms with E-state index in [0.29, 0.717) is 35.8 Å². The van der Waals surface area contributed by atoms with Gasteiger partial charge in [0.1, 0.15) is 5.82 Å². The van der Waals surface area contributed by atoms with Crippen LogP contribution in [-0.2, 0) is 4.79 Å². The first-order valence-electron chi connectivity index (χ1n) is 7.31. The molecule has 2 aliphatic heterocycles. The minimum Gasteiger partial charge on any atom is -0.333 e. The maximum atomic E-state index is 13.1. The van der Waals surface area contributed by atoms with Gasteiger partial charge in [0.2, 0.25) is 0 Å². The number of amides is 3. The van der Waals surface area contributed by atoms with E-state index in [1.54, 1.807) is 17.0 Å². The highest BCUT2D eigenvalue weighted by atomic mass is 19.1. The van der Waals surface area contributed by atoms with Crippen LogP contribution in [0.2, 0.25) is 0 Å². The first kappa shape index (κ1) is 14.6. The van der Waals surface area contributed by atoms with Crippen molar-refractivity contribution in [2.75, 3.05) is 13.1 Å². The molecule has 1 aromatic rings. The molecular weight excluding hydrogens is 285 g/mol. The first-order chi connectivity index (χ1) is 10.5. The number of nitrogens with one attached hydrogen (secondary N) is 2. The van der Waals surface area contributed by atoms with E-state index in [1.807, 2.05) is 13.8 Å². The fourth-order valence-electron chi connectivity index (χ4n) is 2.92. The number of carbonyl (C=O) groups is 2. The molecule has 0 bridgehead atoms. The van der Waals surface area contributed by atoms with Gasteiger partial charge in [-0.1, -0.05) is 26.0 Å². The van der Waals surface area contributed by atoms with Crippen LogP contribution in [0, 0.1) is 11.7 Å². The molecule has 0 fully saturated rings. The minimum absolute atomic E-state index is 0.0782. The van der Waals surface area contributed by atoms with Crippen molar-refractivity contribution in [2.24, 2.45) is 5.92 Å². The molecule has 0 radical (unpaired) electrons. The number of urea groups is 1. The lowest BCUT2D eigenvalue weighted by molar-refractivity contribution is -0.126. The molecule has 0 aliphatic carbocycles. The molecule has 2 heterocycles. The van der Waals surface area contributed by atoms with Crippen LogP contribution in [-0.4, -0.2) is 29.9 Å². The average molecular weight is 303 g/mol. The summed E-state index contributed by atoms with van der Waals surface area (Å²) in [5.74, 6) is -0.0823. The van der Waals surface area contributed by atoms with E-state index in [1.165, 1.54) is 12.1 Å². The Morgan fingerprint density at radius 2 is 1.95 bits per heavy atom. The number of nitrogens with zero attached hydrogens (tertiary/aromatic N) is 1. The average Bonchev–Trinajstić information content (AvgIpc) is 2.74. The Labute approximate surface area is 128 Å². The molecule has 6 heteroatoms. The molecule has 1 atom stereocenters. The molecule has 1 aromatic carbocycles. The van der Waals surface area contributed by atoms with Crippen molar-refractivity contribution in [3.8, 4) is 0 Å². The monoisotopic (exact) mass is 303 g/mol. The van der Waals surface area contributed by atoms with E-state index >= 15 is 0 Å². The second kappa shape index (κ2) is 5.44. The van der Waals surface area contributed by atoms with Crippen molar-refractivity contribution in [1.29, 1.82) is 0 Å². The number of halogens is 1. The van der Waals surface area contributed by atoms with Crippen LogP contribution in [0.3, 0.4) is 0 Å². The van der Waals surface area contributed by atoms with Gasteiger partial charge in [0.25, 0.3) is 5.91 Å². The second-order valence-electron chi connectivity index (χ2n) is 6.05. The first-order valence-corrected chi connectivity index (χ1v) is 7.31. The third kappa shape index (κ3) is 2.56. The molecule has 2 N–H and O–H groups in total. The molecule has 2 aliphatic rings. The molecule has 116 valence electrons. The molecule has 22 heavy (non-hydrogen) atoms. The molecule has 0 unspecified atom stereocenters. The fourth-order valence-corrected chi connectivity index (χ4v) is 2.92. The van der Waals surface area contributed by atoms with Gasteiger partial charge in [0, 0.05) is 6.54 Å². The summed E-state index contributed by atoms with van der Waals surface area (Å²) >= 11 is 0. The Balaban J connectivity index is 1.94. The van der Waals surface area contributed by atoms with Crippen LogP contribution in [0.15, 0.2) is 35.5 Å². The summed E-state index contributed by atoms with van der Waals surface area (Å²) in [7, 11) is 0. The highest BCUT2D eigenvalue weighted by Gasteiger charge is 2.40. The third-order valence-corrected chi connectivity index (χ3v) is 3.81. The van der Waals surface area contributed by atoms with Crippen molar-refractivity contribution in [1.82, 2.24) is 15.5 Å². The van der Waals surface area contributed by atoms with Gasteiger partial charge in [-0.15, -0.1) is 0 Å². The number of benzene rings is 1. The zero-order valence-electron chi connectivity index (χ0n) is 12.5. The summed E-state index contributed by atoms with van der Waals surface area (Å²) in [6.45, 7) is 5.13. The molecule has 0 saturated carbocycles. The Bertz CT molecular complexity index is 652. The predicted molar refractivity (Wildman–Crippen MR) is 79.3 cm³/mol. The summed E-state index contributed by atoms with van der Waals surface area (Å²) in [5.41, 5.74) is 1.89. The lowest BCUT2D eigenvalue weighted by Crippen LogP contribution is -2.44. The lowest BCUT2D eigenvalue weighted by Gasteiger charge is -2.25. The van der Waals surface area contributed by atoms with E-state index in [-0.39, 0.29) is 17.8 Å². The number of rotatable bonds is 3. The van der Waals surface area contributed by atoms with Gasteiger partial charge in [0.15, 0.2) is 0 Å². The van der Waals surface area contributed by atoms with Crippen molar-refractivity contribution in [2.45, 2.75) is 19.9 Å². The fraction of sp³-hybridized carbons (Fsp3) is 0.375. The summed E-state index contributed by atoms with van der Waals surface area (Å²) < 4.78 is 13.1. The van der Waals surface area contributed by atoms with Gasteiger partial charge < -0.3 is 15.5 Å². The molecule has 5 nitrogen and oxygen atoms in total. The van der Waals surface area contributed by atoms with Crippen LogP contribution in [0.1, 0.15) is 25.5 Å². The smallest absolute Gasteiger partial charge is 0.319 e. The summed E-state index contributed by atoms with van der Waals surface area (Å²) in [5, 5.41) is 5.47. The zero-order chi connectivity index (χ0) is 15.9. The van der Waals surface area contributed by atoms with Crippen LogP contribution >= 0.6 is 0 Å². The second-order valence-corrected chi connectivity index (χ2v) is 6.05. The predicted octanol–water partition coefficient (Wildman–Crippen LogP) is 1.93. The van der Waals surface area contributed by atoms with E-state index in [0.717, 1.165) is 0 Å². The molecule has 3 rings (SSSR count). The van der Waals surface area contributed by atoms with Crippen LogP contribution < -0.4 is 10.6 Å². The Morgan fingerprint density at radius 3 is 2.59 bits per heavy atom. The van der Waals surface area contributed by atoms with Crippen molar-refractivity contribution >= 4 is 11.9 Å². The molecular formula is C16H18FN3O2. The van der Waals surface area contributed by atoms with Crippen molar-refractivity contribution < 1.29 is 14.0 Å². The van der Waals surface area contributed by atoms with Gasteiger partial charge >= 0.3 is 6.03 Å². The Morgan fingerprint density at radius 1 is 1.27 bits per heavy atom. The van der Waals surface area contributed by atoms with E-state index in [9.17, 15) is 14.0 Å². The molecule has 0 aromatic heterocycles. The van der Waals surface area contributed by atoms with Gasteiger partial charge in [0.05, 0.1) is 23.9 Å². The Hall–Kier alpha value is -2.37. The number of carbonyl (C=O) groups excluding carboxylic acids is 2. The van der Waals surface area contributed by atoms with Crippen LogP contribution in [0.25, 0.3) is 0 Å². The van der Waals surface area contributed by atoms with Gasteiger partial charge in [-0.2, -0.15) is 0 Å². The van der Waals surface area contributed by atoms with E-state index in [4.69, 9.17) is 0 Å². The highest BCUT2D eigenvalue weighted by molar-refractivity contribution is 6.01. The topological polar surface area (TPSA) is 61.4 Å². The highest BCUT2D eigenvalue weighted by Crippen LogP contribution is 2.32. The number of hydrogen-bond acceptors (Lipinski definition) is 2. The normalized spacial score (nSPS) is 21.1. The minimum atomic E-state index is -0.533. The maximum absolute atomic E-state index is 13.1. The van der Waals surface area contributed by atoms with Crippen molar-refractivity contribution in [3.63, 3.8) is 0 Å². The summed E-state index contributed by atoms with van der Waals surface area (Å²) in [4.78, 5) is 26.2. The molecule has 3 amide bonds. The third-order valence-electron chi connectivity index (χ3n) is 3.81. The Kier molecular flexibility index (Phi) is 3.60. The maximum Gasteiger partial charge on any atom is 0.319 e. The SMILES string of the molecule is CC(C)CN1CC2=C(C1=O)[C@H](c1ccc(F)cc1)NC(=O)N2.